The van der Waals surface area contributed by atoms with Crippen molar-refractivity contribution in [3.8, 4) is 0 Å². The summed E-state index contributed by atoms with van der Waals surface area (Å²) in [6, 6.07) is -4.23. The number of ketones is 1. The lowest BCUT2D eigenvalue weighted by molar-refractivity contribution is -0.144. The molecule has 0 bridgehead atoms. The Bertz CT molecular complexity index is 1000. The van der Waals surface area contributed by atoms with Crippen LogP contribution in [-0.4, -0.2) is 114 Å². The van der Waals surface area contributed by atoms with Gasteiger partial charge in [0.1, 0.15) is 23.7 Å². The average molecular weight is 721 g/mol. The predicted octanol–water partition coefficient (Wildman–Crippen LogP) is -0.101. The Morgan fingerprint density at radius 1 is 0.812 bits per heavy atom. The normalized spacial score (nSPS) is 14.9. The van der Waals surface area contributed by atoms with Crippen LogP contribution in [0.5, 0.6) is 0 Å². The number of unbranched alkanes of at least 4 members (excludes halogenated alkanes) is 3. The zero-order chi connectivity index (χ0) is 36.5. The molecule has 278 valence electrons. The van der Waals surface area contributed by atoms with Crippen LogP contribution in [0.3, 0.4) is 0 Å². The number of hydrogen-bond donors (Lipinski definition) is 8. The molecule has 0 aromatic carbocycles. The van der Waals surface area contributed by atoms with Crippen LogP contribution >= 0.6 is 21.6 Å². The molecule has 0 aromatic rings. The molecule has 0 aromatic heterocycles. The Morgan fingerprint density at radius 2 is 1.31 bits per heavy atom. The molecule has 0 fully saturated rings. The minimum atomic E-state index is -1.71. The van der Waals surface area contributed by atoms with Crippen LogP contribution in [0.4, 0.5) is 0 Å². The van der Waals surface area contributed by atoms with Crippen molar-refractivity contribution >= 4 is 57.3 Å². The van der Waals surface area contributed by atoms with E-state index in [2.05, 4.69) is 20.9 Å². The molecule has 0 radical (unpaired) electrons. The van der Waals surface area contributed by atoms with E-state index in [1.54, 1.807) is 20.1 Å². The van der Waals surface area contributed by atoms with Gasteiger partial charge in [-0.05, 0) is 91.9 Å². The molecule has 15 nitrogen and oxygen atoms in total. The number of ether oxygens (including phenoxy) is 1. The van der Waals surface area contributed by atoms with Gasteiger partial charge >= 0.3 is 5.97 Å². The second-order valence-electron chi connectivity index (χ2n) is 11.9. The van der Waals surface area contributed by atoms with Gasteiger partial charge in [-0.25, -0.2) is 4.79 Å². The number of nitrogens with two attached hydrogens (primary N) is 4. The smallest absolute Gasteiger partial charge is 0.330 e. The number of carbonyl (C=O) groups is 5. The average Bonchev–Trinajstić information content (AvgIpc) is 3.03. The SMILES string of the molecule is CC=N[C@@H](CCCCNC(=O)[C@H](CSSC[C@H](NC(=O)[C@H](N)CCCCN)C(=O)C(C)(C)O)NC(=O)[C@H](N)CCCCN)C(=O)OCC. The molecular formula is C31H60N8O7S2. The lowest BCUT2D eigenvalue weighted by atomic mass is 9.97. The van der Waals surface area contributed by atoms with Crippen LogP contribution in [0.1, 0.15) is 85.5 Å². The molecule has 0 heterocycles. The van der Waals surface area contributed by atoms with Gasteiger partial charge in [0.25, 0.3) is 0 Å². The first kappa shape index (κ1) is 45.7. The number of hydrogen-bond acceptors (Lipinski definition) is 14. The summed E-state index contributed by atoms with van der Waals surface area (Å²) >= 11 is 0. The highest BCUT2D eigenvalue weighted by Gasteiger charge is 2.34. The number of nitrogens with zero attached hydrogens (tertiary/aromatic N) is 1. The van der Waals surface area contributed by atoms with Gasteiger partial charge in [-0.1, -0.05) is 34.4 Å². The van der Waals surface area contributed by atoms with Gasteiger partial charge in [0.15, 0.2) is 5.78 Å². The van der Waals surface area contributed by atoms with Crippen LogP contribution in [0.15, 0.2) is 4.99 Å². The third kappa shape index (κ3) is 20.3. The van der Waals surface area contributed by atoms with Gasteiger partial charge in [-0.15, -0.1) is 0 Å². The largest absolute Gasteiger partial charge is 0.464 e. The fraction of sp³-hybridized carbons (Fsp3) is 0.806. The molecule has 0 spiro atoms. The van der Waals surface area contributed by atoms with Crippen molar-refractivity contribution < 1.29 is 33.8 Å². The molecule has 0 unspecified atom stereocenters. The number of aliphatic imine (C=N–C) groups is 1. The summed E-state index contributed by atoms with van der Waals surface area (Å²) in [6.07, 6.45) is 6.77. The van der Waals surface area contributed by atoms with Crippen molar-refractivity contribution in [3.63, 3.8) is 0 Å². The summed E-state index contributed by atoms with van der Waals surface area (Å²) < 4.78 is 5.06. The Kier molecular flexibility index (Phi) is 25.3. The highest BCUT2D eigenvalue weighted by Crippen LogP contribution is 2.25. The van der Waals surface area contributed by atoms with Crippen LogP contribution in [-0.2, 0) is 28.7 Å². The first-order valence-corrected chi connectivity index (χ1v) is 19.2. The van der Waals surface area contributed by atoms with Crippen molar-refractivity contribution in [1.82, 2.24) is 16.0 Å². The van der Waals surface area contributed by atoms with E-state index in [9.17, 15) is 29.1 Å². The monoisotopic (exact) mass is 720 g/mol. The van der Waals surface area contributed by atoms with E-state index in [4.69, 9.17) is 27.7 Å². The van der Waals surface area contributed by atoms with Crippen LogP contribution < -0.4 is 38.9 Å². The maximum absolute atomic E-state index is 13.2. The topological polar surface area (TPSA) is 267 Å². The Hall–Kier alpha value is -2.28. The maximum Gasteiger partial charge on any atom is 0.330 e. The van der Waals surface area contributed by atoms with E-state index in [0.29, 0.717) is 71.0 Å². The fourth-order valence-corrected chi connectivity index (χ4v) is 6.66. The number of amides is 3. The maximum atomic E-state index is 13.2. The van der Waals surface area contributed by atoms with Crippen LogP contribution in [0.25, 0.3) is 0 Å². The minimum Gasteiger partial charge on any atom is -0.464 e. The molecule has 0 aliphatic carbocycles. The molecule has 5 atom stereocenters. The highest BCUT2D eigenvalue weighted by atomic mass is 33.1. The molecule has 0 saturated carbocycles. The minimum absolute atomic E-state index is 0.0809. The Labute approximate surface area is 293 Å². The van der Waals surface area contributed by atoms with E-state index >= 15 is 0 Å². The van der Waals surface area contributed by atoms with Gasteiger partial charge in [-0.3, -0.25) is 24.2 Å². The van der Waals surface area contributed by atoms with Crippen LogP contribution in [0, 0.1) is 0 Å². The first-order chi connectivity index (χ1) is 22.7. The molecule has 17 heteroatoms. The molecule has 0 aliphatic heterocycles. The quantitative estimate of drug-likeness (QED) is 0.0227. The first-order valence-electron chi connectivity index (χ1n) is 16.7. The summed E-state index contributed by atoms with van der Waals surface area (Å²) in [5.74, 6) is -2.17. The van der Waals surface area contributed by atoms with Gasteiger partial charge < -0.3 is 48.7 Å². The lowest BCUT2D eigenvalue weighted by Crippen LogP contribution is -2.54. The Morgan fingerprint density at radius 3 is 1.79 bits per heavy atom. The molecule has 48 heavy (non-hydrogen) atoms. The molecule has 0 aliphatic rings. The van der Waals surface area contributed by atoms with Crippen molar-refractivity contribution in [3.05, 3.63) is 0 Å². The zero-order valence-corrected chi connectivity index (χ0v) is 30.7. The zero-order valence-electron chi connectivity index (χ0n) is 29.0. The number of aliphatic hydroxyl groups is 1. The Balaban J connectivity index is 5.37. The summed E-state index contributed by atoms with van der Waals surface area (Å²) in [5, 5.41) is 18.6. The summed E-state index contributed by atoms with van der Waals surface area (Å²) in [5.41, 5.74) is 21.4. The highest BCUT2D eigenvalue weighted by molar-refractivity contribution is 8.76. The standard InChI is InChI=1S/C31H60N8O7S2/c1-5-36-23(30(44)46-6-2)15-9-12-18-37-29(43)25(39-28(42)22(35)14-8-11-17-33)20-48-47-19-24(26(40)31(3,4)45)38-27(41)21(34)13-7-10-16-32/h5,21-25,45H,6-20,32-35H2,1-4H3,(H,37,43)(H,38,41)(H,39,42)/t21-,22-,23+,24+,25+/m1/s1. The predicted molar refractivity (Wildman–Crippen MR) is 193 cm³/mol. The number of carbonyl (C=O) groups excluding carboxylic acids is 5. The van der Waals surface area contributed by atoms with Gasteiger partial charge in [0.05, 0.1) is 18.7 Å². The summed E-state index contributed by atoms with van der Waals surface area (Å²) in [6.45, 7) is 7.67. The third-order valence-corrected chi connectivity index (χ3v) is 9.55. The number of rotatable bonds is 28. The third-order valence-electron chi connectivity index (χ3n) is 7.13. The fourth-order valence-electron chi connectivity index (χ4n) is 4.33. The summed E-state index contributed by atoms with van der Waals surface area (Å²) in [7, 11) is 2.43. The van der Waals surface area contributed by atoms with E-state index in [1.807, 2.05) is 0 Å². The van der Waals surface area contributed by atoms with E-state index in [0.717, 1.165) is 6.42 Å². The molecule has 0 saturated heterocycles. The van der Waals surface area contributed by atoms with Crippen molar-refractivity contribution in [2.75, 3.05) is 37.7 Å². The second kappa shape index (κ2) is 26.6. The second-order valence-corrected chi connectivity index (χ2v) is 14.4. The molecule has 3 amide bonds. The molecule has 12 N–H and O–H groups in total. The van der Waals surface area contributed by atoms with E-state index in [-0.39, 0.29) is 18.1 Å². The molecule has 0 rings (SSSR count). The number of nitrogens with one attached hydrogen (secondary N) is 3. The van der Waals surface area contributed by atoms with Gasteiger partial charge in [-0.2, -0.15) is 0 Å². The van der Waals surface area contributed by atoms with Crippen LogP contribution in [0.2, 0.25) is 0 Å². The van der Waals surface area contributed by atoms with Gasteiger partial charge in [0, 0.05) is 18.1 Å². The van der Waals surface area contributed by atoms with Crippen molar-refractivity contribution in [2.45, 2.75) is 121 Å². The number of Topliss-reactive ketones (excluding diaryl/α,β-unsaturated/α-hetero) is 1. The van der Waals surface area contributed by atoms with Crippen molar-refractivity contribution in [1.29, 1.82) is 0 Å². The molecular weight excluding hydrogens is 661 g/mol. The van der Waals surface area contributed by atoms with Gasteiger partial charge in [0.2, 0.25) is 17.7 Å². The lowest BCUT2D eigenvalue weighted by Gasteiger charge is -2.25. The number of esters is 1. The van der Waals surface area contributed by atoms with Crippen molar-refractivity contribution in [2.24, 2.45) is 27.9 Å². The van der Waals surface area contributed by atoms with E-state index in [1.165, 1.54) is 35.4 Å². The summed E-state index contributed by atoms with van der Waals surface area (Å²) in [4.78, 5) is 67.9. The van der Waals surface area contributed by atoms with E-state index < -0.39 is 65.3 Å².